The molecule has 0 radical (unpaired) electrons. The molecule has 0 aliphatic heterocycles. The Hall–Kier alpha value is -0.990. The normalized spacial score (nSPS) is 7.43. The van der Waals surface area contributed by atoms with Gasteiger partial charge in [-0.25, -0.2) is 0 Å². The van der Waals surface area contributed by atoms with Crippen LogP contribution in [0.4, 0.5) is 0 Å². The zero-order valence-corrected chi connectivity index (χ0v) is 2.97. The molecule has 1 N–H and O–H groups in total. The summed E-state index contributed by atoms with van der Waals surface area (Å²) in [4.78, 5) is 9.92. The van der Waals surface area contributed by atoms with E-state index in [0.29, 0.717) is 0 Å². The summed E-state index contributed by atoms with van der Waals surface area (Å²) in [5.74, 6) is 0. The van der Waals surface area contributed by atoms with Crippen LogP contribution in [0.3, 0.4) is 0 Å². The van der Waals surface area contributed by atoms with Crippen LogP contribution in [0.5, 0.6) is 0 Å². The first-order valence-corrected chi connectivity index (χ1v) is 1.52. The molecule has 0 bridgehead atoms. The molecule has 0 atom stereocenters. The van der Waals surface area contributed by atoms with Crippen molar-refractivity contribution in [3.8, 4) is 0 Å². The molecular weight excluding hydrogens is 94.0 g/mol. The fourth-order valence-electron chi connectivity index (χ4n) is 0.222. The highest BCUT2D eigenvalue weighted by Gasteiger charge is 1.73. The third-order valence-electron chi connectivity index (χ3n) is 0.447. The van der Waals surface area contributed by atoms with Crippen molar-refractivity contribution in [1.29, 1.82) is 0 Å². The Morgan fingerprint density at radius 3 is 2.57 bits per heavy atom. The molecule has 3 heteroatoms. The van der Waals surface area contributed by atoms with Crippen LogP contribution in [0.25, 0.3) is 0 Å². The molecule has 1 heterocycles. The summed E-state index contributed by atoms with van der Waals surface area (Å²) in [7, 11) is 0. The minimum Gasteiger partial charge on any atom is -0.387 e. The Labute approximate surface area is 40.9 Å². The van der Waals surface area contributed by atoms with Crippen LogP contribution in [-0.2, 0) is 0 Å². The van der Waals surface area contributed by atoms with Crippen molar-refractivity contribution >= 4 is 0 Å². The van der Waals surface area contributed by atoms with Gasteiger partial charge in [-0.2, -0.15) is 5.16 Å². The highest BCUT2D eigenvalue weighted by molar-refractivity contribution is 4.71. The van der Waals surface area contributed by atoms with E-state index in [-0.39, 0.29) is 13.0 Å². The summed E-state index contributed by atoms with van der Waals surface area (Å²) >= 11 is 0. The van der Waals surface area contributed by atoms with Gasteiger partial charge in [0.15, 0.2) is 0 Å². The molecule has 1 rings (SSSR count). The Kier molecular flexibility index (Phi) is 1.91. The van der Waals surface area contributed by atoms with Gasteiger partial charge in [0.05, 0.1) is 0 Å². The highest BCUT2D eigenvalue weighted by Crippen LogP contribution is 1.62. The average molecular weight is 101 g/mol. The van der Waals surface area contributed by atoms with E-state index in [4.69, 9.17) is 0 Å². The lowest BCUT2D eigenvalue weighted by Crippen LogP contribution is -1.91. The smallest absolute Gasteiger partial charge is 0.279 e. The van der Waals surface area contributed by atoms with E-state index in [1.165, 1.54) is 12.3 Å². The fraction of sp³-hybridized carbons (Fsp3) is 0.250. The van der Waals surface area contributed by atoms with Gasteiger partial charge in [0.2, 0.25) is 0 Å². The minimum atomic E-state index is -0.199. The van der Waals surface area contributed by atoms with E-state index in [0.717, 1.165) is 0 Å². The second-order valence-electron chi connectivity index (χ2n) is 0.887. The molecule has 0 spiro atoms. The highest BCUT2D eigenvalue weighted by atomic mass is 16.5. The van der Waals surface area contributed by atoms with Crippen molar-refractivity contribution in [3.63, 3.8) is 0 Å². The van der Waals surface area contributed by atoms with E-state index in [9.17, 15) is 4.79 Å². The number of nitrogens with one attached hydrogen (secondary N) is 1. The Morgan fingerprint density at radius 2 is 2.43 bits per heavy atom. The maximum Gasteiger partial charge on any atom is 0.279 e. The lowest BCUT2D eigenvalue weighted by Gasteiger charge is -1.54. The maximum absolute atomic E-state index is 9.92. The first-order valence-electron chi connectivity index (χ1n) is 1.52. The molecule has 0 aliphatic rings. The van der Waals surface area contributed by atoms with E-state index in [2.05, 4.69) is 9.68 Å². The molecule has 0 saturated heterocycles. The SMILES string of the molecule is C.O=c1cco[nH]1. The minimum absolute atomic E-state index is 0. The van der Waals surface area contributed by atoms with Crippen LogP contribution < -0.4 is 5.56 Å². The van der Waals surface area contributed by atoms with Crippen LogP contribution in [0.2, 0.25) is 0 Å². The first-order chi connectivity index (χ1) is 2.89. The first kappa shape index (κ1) is 6.01. The summed E-state index contributed by atoms with van der Waals surface area (Å²) in [5.41, 5.74) is -0.199. The van der Waals surface area contributed by atoms with E-state index in [1.807, 2.05) is 0 Å². The zero-order valence-electron chi connectivity index (χ0n) is 2.97. The average Bonchev–Trinajstić information content (AvgIpc) is 1.86. The molecule has 0 aromatic carbocycles. The number of rotatable bonds is 0. The van der Waals surface area contributed by atoms with Gasteiger partial charge in [-0.1, -0.05) is 7.43 Å². The van der Waals surface area contributed by atoms with Crippen LogP contribution >= 0.6 is 0 Å². The Balaban J connectivity index is 0.000000360. The molecule has 40 valence electrons. The number of hydrogen-bond donors (Lipinski definition) is 1. The van der Waals surface area contributed by atoms with Crippen LogP contribution in [0, 0.1) is 0 Å². The van der Waals surface area contributed by atoms with Crippen molar-refractivity contribution in [2.45, 2.75) is 7.43 Å². The monoisotopic (exact) mass is 101 g/mol. The summed E-state index contributed by atoms with van der Waals surface area (Å²) in [5, 5.41) is 2.07. The molecule has 0 unspecified atom stereocenters. The summed E-state index contributed by atoms with van der Waals surface area (Å²) in [6.07, 6.45) is 1.29. The van der Waals surface area contributed by atoms with Crippen molar-refractivity contribution < 1.29 is 4.52 Å². The predicted octanol–water partition coefficient (Wildman–Crippen LogP) is 0.604. The number of aromatic amines is 1. The van der Waals surface area contributed by atoms with Gasteiger partial charge in [0.25, 0.3) is 5.56 Å². The lowest BCUT2D eigenvalue weighted by molar-refractivity contribution is 0.413. The van der Waals surface area contributed by atoms with E-state index < -0.39 is 0 Å². The molecule has 3 nitrogen and oxygen atoms in total. The number of aromatic nitrogens is 1. The third kappa shape index (κ3) is 1.26. The second-order valence-corrected chi connectivity index (χ2v) is 0.887. The fourth-order valence-corrected chi connectivity index (χ4v) is 0.222. The summed E-state index contributed by atoms with van der Waals surface area (Å²) < 4.78 is 4.28. The van der Waals surface area contributed by atoms with Crippen LogP contribution in [0.15, 0.2) is 21.6 Å². The predicted molar refractivity (Wildman–Crippen MR) is 26.1 cm³/mol. The van der Waals surface area contributed by atoms with Crippen molar-refractivity contribution in [1.82, 2.24) is 5.16 Å². The second kappa shape index (κ2) is 2.23. The van der Waals surface area contributed by atoms with Gasteiger partial charge >= 0.3 is 0 Å². The number of H-pyrrole nitrogens is 1. The molecule has 0 saturated carbocycles. The van der Waals surface area contributed by atoms with Crippen LogP contribution in [-0.4, -0.2) is 5.16 Å². The molecule has 0 fully saturated rings. The Morgan fingerprint density at radius 1 is 1.71 bits per heavy atom. The zero-order chi connectivity index (χ0) is 4.41. The van der Waals surface area contributed by atoms with Gasteiger partial charge < -0.3 is 4.52 Å². The van der Waals surface area contributed by atoms with Gasteiger partial charge in [-0.3, -0.25) is 4.79 Å². The quantitative estimate of drug-likeness (QED) is 0.520. The van der Waals surface area contributed by atoms with Gasteiger partial charge in [-0.05, 0) is 0 Å². The molecule has 1 aromatic heterocycles. The Bertz CT molecular complexity index is 147. The van der Waals surface area contributed by atoms with Gasteiger partial charge in [0, 0.05) is 6.07 Å². The summed E-state index contributed by atoms with van der Waals surface area (Å²) in [6.45, 7) is 0. The summed E-state index contributed by atoms with van der Waals surface area (Å²) in [6, 6.07) is 1.31. The molecule has 7 heavy (non-hydrogen) atoms. The van der Waals surface area contributed by atoms with Gasteiger partial charge in [0.1, 0.15) is 6.26 Å². The number of hydrogen-bond acceptors (Lipinski definition) is 2. The largest absolute Gasteiger partial charge is 0.387 e. The van der Waals surface area contributed by atoms with Crippen LogP contribution in [0.1, 0.15) is 7.43 Å². The molecular formula is C4H7NO2. The lowest BCUT2D eigenvalue weighted by atomic mass is 10.8. The molecule has 0 amide bonds. The standard InChI is InChI=1S/C3H3NO2.CH4/c5-3-1-2-6-4-3;/h1-2H,(H,4,5);1H4. The van der Waals surface area contributed by atoms with E-state index >= 15 is 0 Å². The van der Waals surface area contributed by atoms with Gasteiger partial charge in [-0.15, -0.1) is 0 Å². The van der Waals surface area contributed by atoms with Crippen molar-refractivity contribution in [3.05, 3.63) is 22.7 Å². The maximum atomic E-state index is 9.92. The topological polar surface area (TPSA) is 46.0 Å². The van der Waals surface area contributed by atoms with Crippen molar-refractivity contribution in [2.24, 2.45) is 0 Å². The molecule has 1 aromatic rings. The van der Waals surface area contributed by atoms with Crippen molar-refractivity contribution in [2.75, 3.05) is 0 Å². The third-order valence-corrected chi connectivity index (χ3v) is 0.447. The molecule has 0 aliphatic carbocycles. The van der Waals surface area contributed by atoms with E-state index in [1.54, 1.807) is 0 Å².